The summed E-state index contributed by atoms with van der Waals surface area (Å²) in [6.07, 6.45) is -1.04. The van der Waals surface area contributed by atoms with Gasteiger partial charge in [-0.15, -0.1) is 0 Å². The third kappa shape index (κ3) is 3.38. The minimum absolute atomic E-state index is 0.122. The lowest BCUT2D eigenvalue weighted by Gasteiger charge is -2.29. The quantitative estimate of drug-likeness (QED) is 0.225. The van der Waals surface area contributed by atoms with Gasteiger partial charge in [-0.3, -0.25) is 0 Å². The summed E-state index contributed by atoms with van der Waals surface area (Å²) in [5.41, 5.74) is 1.42. The summed E-state index contributed by atoms with van der Waals surface area (Å²) in [5.74, 6) is -2.97. The maximum atomic E-state index is 12.6. The van der Waals surface area contributed by atoms with Crippen molar-refractivity contribution in [3.8, 4) is 0 Å². The first kappa shape index (κ1) is 23.4. The Balaban J connectivity index is 1.83. The van der Waals surface area contributed by atoms with Crippen molar-refractivity contribution >= 4 is 17.9 Å². The van der Waals surface area contributed by atoms with E-state index in [9.17, 15) is 19.5 Å². The molecule has 2 saturated heterocycles. The molecule has 0 amide bonds. The number of ether oxygens (including phenoxy) is 4. The molecule has 3 fully saturated rings. The van der Waals surface area contributed by atoms with Gasteiger partial charge in [0.05, 0.1) is 11.8 Å². The number of aliphatic hydroxyl groups is 1. The fourth-order valence-corrected chi connectivity index (χ4v) is 5.30. The van der Waals surface area contributed by atoms with Crippen LogP contribution in [-0.2, 0) is 33.3 Å². The van der Waals surface area contributed by atoms with Crippen molar-refractivity contribution in [2.75, 3.05) is 0 Å². The van der Waals surface area contributed by atoms with E-state index >= 15 is 0 Å². The lowest BCUT2D eigenvalue weighted by Crippen LogP contribution is -2.43. The van der Waals surface area contributed by atoms with E-state index in [1.165, 1.54) is 0 Å². The van der Waals surface area contributed by atoms with E-state index in [1.807, 2.05) is 6.92 Å². The fourth-order valence-electron chi connectivity index (χ4n) is 5.30. The molecule has 1 saturated carbocycles. The van der Waals surface area contributed by atoms with Crippen molar-refractivity contribution in [2.24, 2.45) is 11.8 Å². The van der Waals surface area contributed by atoms with Crippen LogP contribution in [0.15, 0.2) is 46.6 Å². The van der Waals surface area contributed by atoms with Gasteiger partial charge < -0.3 is 24.1 Å². The van der Waals surface area contributed by atoms with E-state index in [1.54, 1.807) is 46.8 Å². The molecular formula is C25H30O8. The Morgan fingerprint density at radius 3 is 2.18 bits per heavy atom. The Hall–Kier alpha value is -2.71. The van der Waals surface area contributed by atoms with Gasteiger partial charge in [0.1, 0.15) is 30.0 Å². The fraction of sp³-hybridized carbons (Fsp3) is 0.560. The van der Waals surface area contributed by atoms with Gasteiger partial charge in [0, 0.05) is 16.7 Å². The average Bonchev–Trinajstić information content (AvgIpc) is 3.32. The molecule has 4 rings (SSSR count). The zero-order valence-corrected chi connectivity index (χ0v) is 19.7. The van der Waals surface area contributed by atoms with Crippen molar-refractivity contribution in [2.45, 2.75) is 77.7 Å². The van der Waals surface area contributed by atoms with Gasteiger partial charge in [-0.05, 0) is 52.7 Å². The number of hydrogen-bond donors (Lipinski definition) is 1. The largest absolute Gasteiger partial charge is 0.457 e. The molecule has 8 heteroatoms. The van der Waals surface area contributed by atoms with E-state index in [0.29, 0.717) is 22.3 Å². The highest BCUT2D eigenvalue weighted by atomic mass is 16.7. The molecule has 0 spiro atoms. The van der Waals surface area contributed by atoms with Crippen LogP contribution in [0.25, 0.3) is 0 Å². The molecule has 0 unspecified atom stereocenters. The van der Waals surface area contributed by atoms with Crippen molar-refractivity contribution in [1.82, 2.24) is 0 Å². The van der Waals surface area contributed by atoms with Crippen molar-refractivity contribution in [3.05, 3.63) is 46.6 Å². The number of aliphatic hydroxyl groups excluding tert-OH is 1. The molecule has 178 valence electrons. The molecule has 8 atom stereocenters. The third-order valence-corrected chi connectivity index (χ3v) is 7.55. The monoisotopic (exact) mass is 458 g/mol. The van der Waals surface area contributed by atoms with Gasteiger partial charge >= 0.3 is 17.9 Å². The predicted octanol–water partition coefficient (Wildman–Crippen LogP) is 2.32. The van der Waals surface area contributed by atoms with Crippen molar-refractivity contribution < 1.29 is 38.4 Å². The molecule has 2 heterocycles. The summed E-state index contributed by atoms with van der Waals surface area (Å²) in [7, 11) is 0. The maximum absolute atomic E-state index is 12.6. The van der Waals surface area contributed by atoms with Crippen LogP contribution in [0.5, 0.6) is 0 Å². The second-order valence-electron chi connectivity index (χ2n) is 9.35. The predicted molar refractivity (Wildman–Crippen MR) is 117 cm³/mol. The molecule has 0 aromatic carbocycles. The number of fused-ring (bicyclic) bond motifs is 5. The zero-order valence-electron chi connectivity index (χ0n) is 19.7. The van der Waals surface area contributed by atoms with E-state index in [2.05, 4.69) is 6.58 Å². The van der Waals surface area contributed by atoms with Gasteiger partial charge in [-0.1, -0.05) is 18.7 Å². The van der Waals surface area contributed by atoms with E-state index < -0.39 is 65.9 Å². The Labute approximate surface area is 192 Å². The Bertz CT molecular complexity index is 1030. The number of hydrogen-bond acceptors (Lipinski definition) is 8. The molecule has 33 heavy (non-hydrogen) atoms. The highest BCUT2D eigenvalue weighted by Crippen LogP contribution is 2.63. The first-order valence-corrected chi connectivity index (χ1v) is 11.1. The van der Waals surface area contributed by atoms with E-state index in [0.717, 1.165) is 0 Å². The molecule has 0 radical (unpaired) electrons. The number of rotatable bonds is 4. The second-order valence-corrected chi connectivity index (χ2v) is 9.35. The summed E-state index contributed by atoms with van der Waals surface area (Å²) in [6, 6.07) is 0. The van der Waals surface area contributed by atoms with Crippen LogP contribution in [-0.4, -0.2) is 59.1 Å². The molecule has 0 aromatic rings. The summed E-state index contributed by atoms with van der Waals surface area (Å²) >= 11 is 0. The van der Waals surface area contributed by atoms with Crippen molar-refractivity contribution in [1.29, 1.82) is 0 Å². The van der Waals surface area contributed by atoms with Gasteiger partial charge in [0.25, 0.3) is 0 Å². The molecule has 4 aliphatic rings. The van der Waals surface area contributed by atoms with Gasteiger partial charge in [-0.25, -0.2) is 14.4 Å². The average molecular weight is 459 g/mol. The maximum Gasteiger partial charge on any atom is 0.334 e. The molecular weight excluding hydrogens is 428 g/mol. The van der Waals surface area contributed by atoms with Crippen LogP contribution in [0.2, 0.25) is 0 Å². The standard InChI is InChI=1S/C25H30O8/c1-8-10(3)22(27)30-18-12(5)14-16(19-15(17(18)26)13(6)24(29)31-19)25(7)21(33-25)20(14)32-23(28)11(4)9-2/h8-9,15-21,26H,6H2,1-5,7H3/b10-8-,11-9-/t15-,16+,17-,18-,19+,20-,21-,25+/m1/s1. The molecule has 2 aliphatic carbocycles. The topological polar surface area (TPSA) is 112 Å². The lowest BCUT2D eigenvalue weighted by molar-refractivity contribution is -0.151. The van der Waals surface area contributed by atoms with Crippen LogP contribution in [0.1, 0.15) is 41.5 Å². The summed E-state index contributed by atoms with van der Waals surface area (Å²) in [4.78, 5) is 37.7. The van der Waals surface area contributed by atoms with Gasteiger partial charge in [-0.2, -0.15) is 0 Å². The number of esters is 3. The Kier molecular flexibility index (Phi) is 5.65. The molecule has 1 N–H and O–H groups in total. The van der Waals surface area contributed by atoms with E-state index in [4.69, 9.17) is 18.9 Å². The normalized spacial score (nSPS) is 39.9. The first-order valence-electron chi connectivity index (χ1n) is 11.1. The number of allylic oxidation sites excluding steroid dienone is 2. The molecule has 0 aromatic heterocycles. The minimum atomic E-state index is -1.27. The van der Waals surface area contributed by atoms with Crippen molar-refractivity contribution in [3.63, 3.8) is 0 Å². The molecule has 8 nitrogen and oxygen atoms in total. The second kappa shape index (κ2) is 7.95. The smallest absolute Gasteiger partial charge is 0.334 e. The van der Waals surface area contributed by atoms with Gasteiger partial charge in [0.2, 0.25) is 0 Å². The van der Waals surface area contributed by atoms with Crippen LogP contribution in [0, 0.1) is 11.8 Å². The SMILES string of the molecule is C=C1C(=O)O[C@H]2[C@H]1[C@@H](O)[C@H](OC(=O)/C(C)=C\C)C(C)=C1[C@@H](OC(=O)/C(C)=C\C)[C@H]3O[C@@]3(C)[C@@H]12. The number of epoxide rings is 1. The number of carbonyl (C=O) groups is 3. The van der Waals surface area contributed by atoms with Crippen LogP contribution >= 0.6 is 0 Å². The Morgan fingerprint density at radius 1 is 1.09 bits per heavy atom. The summed E-state index contributed by atoms with van der Waals surface area (Å²) in [6.45, 7) is 14.2. The third-order valence-electron chi connectivity index (χ3n) is 7.55. The zero-order chi connectivity index (χ0) is 24.4. The van der Waals surface area contributed by atoms with Crippen LogP contribution < -0.4 is 0 Å². The Morgan fingerprint density at radius 2 is 1.64 bits per heavy atom. The van der Waals surface area contributed by atoms with E-state index in [-0.39, 0.29) is 5.57 Å². The van der Waals surface area contributed by atoms with Crippen LogP contribution in [0.3, 0.4) is 0 Å². The molecule has 0 bridgehead atoms. The summed E-state index contributed by atoms with van der Waals surface area (Å²) < 4.78 is 23.2. The highest BCUT2D eigenvalue weighted by molar-refractivity contribution is 5.92. The molecule has 2 aliphatic heterocycles. The summed E-state index contributed by atoms with van der Waals surface area (Å²) in [5, 5.41) is 11.3. The minimum Gasteiger partial charge on any atom is -0.457 e. The van der Waals surface area contributed by atoms with Crippen LogP contribution in [0.4, 0.5) is 0 Å². The lowest BCUT2D eigenvalue weighted by atomic mass is 9.80. The highest BCUT2D eigenvalue weighted by Gasteiger charge is 2.75. The first-order chi connectivity index (χ1) is 15.5. The van der Waals surface area contributed by atoms with Gasteiger partial charge in [0.15, 0.2) is 6.10 Å². The number of carbonyl (C=O) groups excluding carboxylic acids is 3.